The number of amides is 2. The Morgan fingerprint density at radius 3 is 2.05 bits per heavy atom. The lowest BCUT2D eigenvalue weighted by atomic mass is 10.1. The molecule has 3 aromatic rings. The average molecular weight is 598 g/mol. The molecule has 0 bridgehead atoms. The Kier molecular flexibility index (Phi) is 10.3. The van der Waals surface area contributed by atoms with Gasteiger partial charge in [-0.2, -0.15) is 0 Å². The second-order valence-corrected chi connectivity index (χ2v) is 13.7. The van der Waals surface area contributed by atoms with Crippen LogP contribution in [0.3, 0.4) is 0 Å². The highest BCUT2D eigenvalue weighted by molar-refractivity contribution is 7.92. The summed E-state index contributed by atoms with van der Waals surface area (Å²) in [5.41, 5.74) is 3.45. The number of aryl methyl sites for hydroxylation is 3. The predicted molar refractivity (Wildman–Crippen MR) is 166 cm³/mol. The zero-order valence-corrected chi connectivity index (χ0v) is 26.4. The van der Waals surface area contributed by atoms with E-state index in [1.807, 2.05) is 54.5 Å². The number of carbonyl (C=O) groups excluding carboxylic acids is 2. The van der Waals surface area contributed by atoms with Crippen LogP contribution in [0, 0.1) is 20.8 Å². The summed E-state index contributed by atoms with van der Waals surface area (Å²) < 4.78 is 29.2. The molecule has 0 aliphatic carbocycles. The van der Waals surface area contributed by atoms with Gasteiger partial charge in [0.1, 0.15) is 12.6 Å². The van der Waals surface area contributed by atoms with Crippen LogP contribution in [0.25, 0.3) is 0 Å². The van der Waals surface area contributed by atoms with Crippen LogP contribution in [-0.2, 0) is 26.2 Å². The predicted octanol–water partition coefficient (Wildman–Crippen LogP) is 6.18. The van der Waals surface area contributed by atoms with Crippen molar-refractivity contribution in [3.8, 4) is 0 Å². The first-order valence-electron chi connectivity index (χ1n) is 13.6. The van der Waals surface area contributed by atoms with Crippen molar-refractivity contribution in [1.29, 1.82) is 0 Å². The molecular weight excluding hydrogens is 558 g/mol. The van der Waals surface area contributed by atoms with Crippen LogP contribution in [0.15, 0.2) is 71.6 Å². The fourth-order valence-electron chi connectivity index (χ4n) is 4.41. The summed E-state index contributed by atoms with van der Waals surface area (Å²) in [6.07, 6.45) is 0.343. The van der Waals surface area contributed by atoms with E-state index < -0.39 is 34.1 Å². The molecule has 0 radical (unpaired) electrons. The number of sulfonamides is 1. The Balaban J connectivity index is 2.09. The number of halogens is 1. The third kappa shape index (κ3) is 8.33. The van der Waals surface area contributed by atoms with Gasteiger partial charge in [-0.05, 0) is 101 Å². The molecule has 3 rings (SSSR count). The van der Waals surface area contributed by atoms with Gasteiger partial charge in [0, 0.05) is 17.1 Å². The number of anilines is 1. The zero-order valence-electron chi connectivity index (χ0n) is 24.9. The Morgan fingerprint density at radius 2 is 1.51 bits per heavy atom. The maximum absolute atomic E-state index is 14.2. The van der Waals surface area contributed by atoms with E-state index in [1.165, 1.54) is 4.90 Å². The fraction of sp³-hybridized carbons (Fsp3) is 0.375. The molecule has 0 heterocycles. The Morgan fingerprint density at radius 1 is 0.902 bits per heavy atom. The van der Waals surface area contributed by atoms with E-state index in [0.29, 0.717) is 17.1 Å². The SMILES string of the molecule is CC[C@@H](C(=O)NC(C)(C)C)N(Cc1ccc(Cl)cc1)C(=O)CN(c1ccc(C)c(C)c1)S(=O)(=O)c1ccc(C)cc1. The second kappa shape index (κ2) is 13.1. The van der Waals surface area contributed by atoms with Gasteiger partial charge in [0.25, 0.3) is 10.0 Å². The first-order valence-corrected chi connectivity index (χ1v) is 15.5. The second-order valence-electron chi connectivity index (χ2n) is 11.4. The van der Waals surface area contributed by atoms with Gasteiger partial charge in [-0.1, -0.05) is 54.4 Å². The Labute approximate surface area is 249 Å². The Bertz CT molecular complexity index is 1480. The Hall–Kier alpha value is -3.36. The molecule has 0 saturated carbocycles. The normalized spacial score (nSPS) is 12.5. The lowest BCUT2D eigenvalue weighted by molar-refractivity contribution is -0.141. The summed E-state index contributed by atoms with van der Waals surface area (Å²) >= 11 is 6.08. The lowest BCUT2D eigenvalue weighted by Gasteiger charge is -2.35. The minimum absolute atomic E-state index is 0.0795. The molecule has 0 saturated heterocycles. The molecule has 9 heteroatoms. The maximum atomic E-state index is 14.2. The van der Waals surface area contributed by atoms with Crippen molar-refractivity contribution in [3.63, 3.8) is 0 Å². The first-order chi connectivity index (χ1) is 19.1. The molecule has 0 unspecified atom stereocenters. The van der Waals surface area contributed by atoms with Crippen LogP contribution >= 0.6 is 11.6 Å². The van der Waals surface area contributed by atoms with E-state index in [-0.39, 0.29) is 17.3 Å². The number of hydrogen-bond acceptors (Lipinski definition) is 4. The van der Waals surface area contributed by atoms with Gasteiger partial charge in [-0.15, -0.1) is 0 Å². The van der Waals surface area contributed by atoms with Crippen LogP contribution in [0.5, 0.6) is 0 Å². The summed E-state index contributed by atoms with van der Waals surface area (Å²) in [5, 5.41) is 3.52. The van der Waals surface area contributed by atoms with E-state index in [2.05, 4.69) is 5.32 Å². The van der Waals surface area contributed by atoms with Gasteiger partial charge < -0.3 is 10.2 Å². The number of hydrogen-bond donors (Lipinski definition) is 1. The van der Waals surface area contributed by atoms with E-state index in [0.717, 1.165) is 26.6 Å². The maximum Gasteiger partial charge on any atom is 0.264 e. The molecular formula is C32H40ClN3O4S. The van der Waals surface area contributed by atoms with Crippen molar-refractivity contribution in [1.82, 2.24) is 10.2 Å². The molecule has 220 valence electrons. The van der Waals surface area contributed by atoms with Crippen molar-refractivity contribution in [2.24, 2.45) is 0 Å². The first kappa shape index (κ1) is 32.2. The molecule has 3 aromatic carbocycles. The molecule has 2 amide bonds. The summed E-state index contributed by atoms with van der Waals surface area (Å²) in [6.45, 7) is 12.8. The molecule has 1 N–H and O–H groups in total. The number of benzene rings is 3. The van der Waals surface area contributed by atoms with Crippen LogP contribution in [-0.4, -0.2) is 43.3 Å². The van der Waals surface area contributed by atoms with Crippen LogP contribution < -0.4 is 9.62 Å². The summed E-state index contributed by atoms with van der Waals surface area (Å²) in [5.74, 6) is -0.800. The molecule has 41 heavy (non-hydrogen) atoms. The third-order valence-corrected chi connectivity index (χ3v) is 8.86. The molecule has 0 aliphatic rings. The number of rotatable bonds is 10. The average Bonchev–Trinajstić information content (AvgIpc) is 2.89. The van der Waals surface area contributed by atoms with Crippen molar-refractivity contribution in [2.75, 3.05) is 10.8 Å². The van der Waals surface area contributed by atoms with Gasteiger partial charge in [0.2, 0.25) is 11.8 Å². The van der Waals surface area contributed by atoms with Gasteiger partial charge in [0.15, 0.2) is 0 Å². The standard InChI is InChI=1S/C32H40ClN3O4S/c1-8-29(31(38)34-32(5,6)7)35(20-25-12-14-26(33)15-13-25)30(37)21-36(27-16-11-23(3)24(4)19-27)41(39,40)28-17-9-22(2)10-18-28/h9-19,29H,8,20-21H2,1-7H3,(H,34,38)/t29-/m0/s1. The van der Waals surface area contributed by atoms with E-state index >= 15 is 0 Å². The van der Waals surface area contributed by atoms with Crippen molar-refractivity contribution in [3.05, 3.63) is 94.0 Å². The topological polar surface area (TPSA) is 86.8 Å². The molecule has 1 atom stereocenters. The third-order valence-electron chi connectivity index (χ3n) is 6.82. The lowest BCUT2D eigenvalue weighted by Crippen LogP contribution is -2.55. The number of nitrogens with zero attached hydrogens (tertiary/aromatic N) is 2. The van der Waals surface area contributed by atoms with Crippen LogP contribution in [0.4, 0.5) is 5.69 Å². The van der Waals surface area contributed by atoms with Gasteiger partial charge in [0.05, 0.1) is 10.6 Å². The molecule has 7 nitrogen and oxygen atoms in total. The van der Waals surface area contributed by atoms with Gasteiger partial charge in [-0.3, -0.25) is 13.9 Å². The van der Waals surface area contributed by atoms with Crippen molar-refractivity contribution in [2.45, 2.75) is 77.9 Å². The highest BCUT2D eigenvalue weighted by Gasteiger charge is 2.34. The number of carbonyl (C=O) groups is 2. The summed E-state index contributed by atoms with van der Waals surface area (Å²) in [7, 11) is -4.12. The quantitative estimate of drug-likeness (QED) is 0.302. The molecule has 0 aliphatic heterocycles. The van der Waals surface area contributed by atoms with Crippen molar-refractivity contribution >= 4 is 39.1 Å². The highest BCUT2D eigenvalue weighted by atomic mass is 35.5. The number of nitrogens with one attached hydrogen (secondary N) is 1. The summed E-state index contributed by atoms with van der Waals surface area (Å²) in [4.78, 5) is 29.1. The summed E-state index contributed by atoms with van der Waals surface area (Å²) in [6, 6.07) is 18.1. The van der Waals surface area contributed by atoms with E-state index in [1.54, 1.807) is 60.7 Å². The molecule has 0 fully saturated rings. The highest BCUT2D eigenvalue weighted by Crippen LogP contribution is 2.27. The van der Waals surface area contributed by atoms with Crippen LogP contribution in [0.1, 0.15) is 56.4 Å². The zero-order chi connectivity index (χ0) is 30.5. The molecule has 0 aromatic heterocycles. The smallest absolute Gasteiger partial charge is 0.264 e. The minimum atomic E-state index is -4.12. The van der Waals surface area contributed by atoms with E-state index in [4.69, 9.17) is 11.6 Å². The fourth-order valence-corrected chi connectivity index (χ4v) is 5.94. The molecule has 0 spiro atoms. The monoisotopic (exact) mass is 597 g/mol. The van der Waals surface area contributed by atoms with E-state index in [9.17, 15) is 18.0 Å². The van der Waals surface area contributed by atoms with Gasteiger partial charge in [-0.25, -0.2) is 8.42 Å². The van der Waals surface area contributed by atoms with Crippen LogP contribution in [0.2, 0.25) is 5.02 Å². The van der Waals surface area contributed by atoms with Gasteiger partial charge >= 0.3 is 0 Å². The van der Waals surface area contributed by atoms with Crippen molar-refractivity contribution < 1.29 is 18.0 Å². The largest absolute Gasteiger partial charge is 0.350 e. The minimum Gasteiger partial charge on any atom is -0.350 e.